The van der Waals surface area contributed by atoms with E-state index in [-0.39, 0.29) is 10.7 Å². The van der Waals surface area contributed by atoms with Crippen molar-refractivity contribution in [1.29, 1.82) is 0 Å². The van der Waals surface area contributed by atoms with Gasteiger partial charge in [-0.15, -0.1) is 0 Å². The Balaban J connectivity index is 2.56. The molecule has 0 bridgehead atoms. The summed E-state index contributed by atoms with van der Waals surface area (Å²) in [7, 11) is 1.70. The average molecular weight is 329 g/mol. The predicted octanol–water partition coefficient (Wildman–Crippen LogP) is 3.37. The first-order valence-corrected chi connectivity index (χ1v) is 8.46. The van der Waals surface area contributed by atoms with Crippen LogP contribution in [0, 0.1) is 11.6 Å². The fourth-order valence-electron chi connectivity index (χ4n) is 1.85. The number of aliphatic imine (C=N–C) groups is 1. The Morgan fingerprint density at radius 2 is 2.00 bits per heavy atom. The molecule has 6 heteroatoms. The number of benzene rings is 1. The van der Waals surface area contributed by atoms with Gasteiger partial charge in [-0.3, -0.25) is 4.99 Å². The van der Waals surface area contributed by atoms with Crippen molar-refractivity contribution >= 4 is 17.7 Å². The fourth-order valence-corrected chi connectivity index (χ4v) is 2.07. The minimum atomic E-state index is -0.557. The molecule has 1 rings (SSSR count). The molecular formula is C16H25F2N3S. The summed E-state index contributed by atoms with van der Waals surface area (Å²) in [5.41, 5.74) is 0.494. The zero-order valence-electron chi connectivity index (χ0n) is 13.8. The minimum Gasteiger partial charge on any atom is -0.356 e. The summed E-state index contributed by atoms with van der Waals surface area (Å²) in [6.45, 7) is 7.47. The van der Waals surface area contributed by atoms with Crippen LogP contribution in [0.2, 0.25) is 0 Å². The Morgan fingerprint density at radius 3 is 2.55 bits per heavy atom. The lowest BCUT2D eigenvalue weighted by molar-refractivity contribution is 0.555. The molecule has 3 nitrogen and oxygen atoms in total. The van der Waals surface area contributed by atoms with E-state index in [2.05, 4.69) is 35.7 Å². The van der Waals surface area contributed by atoms with E-state index in [1.54, 1.807) is 18.8 Å². The lowest BCUT2D eigenvalue weighted by Gasteiger charge is -2.24. The number of nitrogens with one attached hydrogen (secondary N) is 2. The Kier molecular flexibility index (Phi) is 7.13. The first kappa shape index (κ1) is 18.7. The standard InChI is InChI=1S/C16H25F2N3S/c1-11(13-7-6-12(17)8-14(13)18)9-20-15(19-4)21-10-16(2,3)22-5/h6-8,11H,9-10H2,1-5H3,(H2,19,20,21). The van der Waals surface area contributed by atoms with E-state index in [4.69, 9.17) is 0 Å². The van der Waals surface area contributed by atoms with Gasteiger partial charge in [0.15, 0.2) is 5.96 Å². The number of hydrogen-bond donors (Lipinski definition) is 2. The molecule has 0 saturated carbocycles. The normalized spacial score (nSPS) is 13.9. The summed E-state index contributed by atoms with van der Waals surface area (Å²) >= 11 is 1.77. The Labute approximate surface area is 136 Å². The Bertz CT molecular complexity index is 518. The van der Waals surface area contributed by atoms with Crippen molar-refractivity contribution < 1.29 is 8.78 Å². The highest BCUT2D eigenvalue weighted by atomic mass is 32.2. The first-order valence-electron chi connectivity index (χ1n) is 7.23. The van der Waals surface area contributed by atoms with Crippen molar-refractivity contribution in [2.24, 2.45) is 4.99 Å². The van der Waals surface area contributed by atoms with Crippen LogP contribution in [0.4, 0.5) is 8.78 Å². The van der Waals surface area contributed by atoms with Crippen molar-refractivity contribution in [3.8, 4) is 0 Å². The summed E-state index contributed by atoms with van der Waals surface area (Å²) in [6.07, 6.45) is 2.07. The van der Waals surface area contributed by atoms with Crippen molar-refractivity contribution in [3.05, 3.63) is 35.4 Å². The second-order valence-electron chi connectivity index (χ2n) is 5.84. The molecule has 1 unspecified atom stereocenters. The van der Waals surface area contributed by atoms with E-state index in [1.165, 1.54) is 12.1 Å². The summed E-state index contributed by atoms with van der Waals surface area (Å²) in [5.74, 6) is -0.483. The molecule has 0 fully saturated rings. The highest BCUT2D eigenvalue weighted by Crippen LogP contribution is 2.20. The van der Waals surface area contributed by atoms with Gasteiger partial charge in [-0.1, -0.05) is 13.0 Å². The topological polar surface area (TPSA) is 36.4 Å². The third-order valence-corrected chi connectivity index (χ3v) is 4.78. The molecule has 0 aromatic heterocycles. The average Bonchev–Trinajstić information content (AvgIpc) is 2.47. The van der Waals surface area contributed by atoms with Gasteiger partial charge < -0.3 is 10.6 Å². The zero-order valence-corrected chi connectivity index (χ0v) is 14.7. The van der Waals surface area contributed by atoms with Crippen molar-refractivity contribution in [3.63, 3.8) is 0 Å². The number of hydrogen-bond acceptors (Lipinski definition) is 2. The molecule has 124 valence electrons. The van der Waals surface area contributed by atoms with Crippen molar-refractivity contribution in [2.75, 3.05) is 26.4 Å². The van der Waals surface area contributed by atoms with Gasteiger partial charge in [-0.2, -0.15) is 11.8 Å². The number of rotatable bonds is 6. The molecule has 1 aromatic carbocycles. The van der Waals surface area contributed by atoms with Gasteiger partial charge in [-0.05, 0) is 31.7 Å². The van der Waals surface area contributed by atoms with Crippen molar-refractivity contribution in [1.82, 2.24) is 10.6 Å². The molecule has 0 aliphatic rings. The molecule has 1 aromatic rings. The van der Waals surface area contributed by atoms with Gasteiger partial charge in [0.25, 0.3) is 0 Å². The van der Waals surface area contributed by atoms with Crippen LogP contribution in [0.3, 0.4) is 0 Å². The number of thioether (sulfide) groups is 1. The predicted molar refractivity (Wildman–Crippen MR) is 91.7 cm³/mol. The van der Waals surface area contributed by atoms with E-state index in [0.717, 1.165) is 12.6 Å². The van der Waals surface area contributed by atoms with Crippen LogP contribution in [0.5, 0.6) is 0 Å². The van der Waals surface area contributed by atoms with Crippen LogP contribution < -0.4 is 10.6 Å². The Hall–Kier alpha value is -1.30. The smallest absolute Gasteiger partial charge is 0.191 e. The Morgan fingerprint density at radius 1 is 1.32 bits per heavy atom. The van der Waals surface area contributed by atoms with Gasteiger partial charge in [0.1, 0.15) is 11.6 Å². The summed E-state index contributed by atoms with van der Waals surface area (Å²) in [4.78, 5) is 4.16. The van der Waals surface area contributed by atoms with Gasteiger partial charge in [0, 0.05) is 36.9 Å². The molecule has 0 spiro atoms. The SMILES string of the molecule is CN=C(NCC(C)c1ccc(F)cc1F)NCC(C)(C)SC. The first-order chi connectivity index (χ1) is 10.3. The second kappa shape index (κ2) is 8.36. The maximum absolute atomic E-state index is 13.7. The monoisotopic (exact) mass is 329 g/mol. The van der Waals surface area contributed by atoms with E-state index < -0.39 is 11.6 Å². The highest BCUT2D eigenvalue weighted by Gasteiger charge is 2.17. The van der Waals surface area contributed by atoms with Gasteiger partial charge in [0.2, 0.25) is 0 Å². The number of guanidine groups is 1. The molecule has 22 heavy (non-hydrogen) atoms. The molecule has 0 amide bonds. The summed E-state index contributed by atoms with van der Waals surface area (Å²) in [6, 6.07) is 3.69. The van der Waals surface area contributed by atoms with Crippen LogP contribution in [-0.2, 0) is 0 Å². The molecule has 0 heterocycles. The zero-order chi connectivity index (χ0) is 16.8. The number of halogens is 2. The minimum absolute atomic E-state index is 0.0901. The summed E-state index contributed by atoms with van der Waals surface area (Å²) in [5, 5.41) is 6.43. The quantitative estimate of drug-likeness (QED) is 0.620. The van der Waals surface area contributed by atoms with E-state index in [1.807, 2.05) is 6.92 Å². The van der Waals surface area contributed by atoms with Crippen molar-refractivity contribution in [2.45, 2.75) is 31.4 Å². The van der Waals surface area contributed by atoms with E-state index >= 15 is 0 Å². The van der Waals surface area contributed by atoms with Crippen LogP contribution >= 0.6 is 11.8 Å². The largest absolute Gasteiger partial charge is 0.356 e. The van der Waals surface area contributed by atoms with E-state index in [9.17, 15) is 8.78 Å². The van der Waals surface area contributed by atoms with Crippen LogP contribution in [0.15, 0.2) is 23.2 Å². The van der Waals surface area contributed by atoms with Crippen LogP contribution in [0.25, 0.3) is 0 Å². The third kappa shape index (κ3) is 5.83. The van der Waals surface area contributed by atoms with Crippen LogP contribution in [0.1, 0.15) is 32.3 Å². The van der Waals surface area contributed by atoms with Gasteiger partial charge in [0.05, 0.1) is 0 Å². The van der Waals surface area contributed by atoms with Crippen LogP contribution in [-0.4, -0.2) is 37.1 Å². The maximum Gasteiger partial charge on any atom is 0.191 e. The third-order valence-electron chi connectivity index (χ3n) is 3.53. The second-order valence-corrected chi connectivity index (χ2v) is 7.35. The molecule has 0 radical (unpaired) electrons. The van der Waals surface area contributed by atoms with E-state index in [0.29, 0.717) is 18.1 Å². The number of nitrogens with zero attached hydrogens (tertiary/aromatic N) is 1. The molecule has 0 aliphatic heterocycles. The summed E-state index contributed by atoms with van der Waals surface area (Å²) < 4.78 is 26.8. The molecule has 2 N–H and O–H groups in total. The highest BCUT2D eigenvalue weighted by molar-refractivity contribution is 7.99. The fraction of sp³-hybridized carbons (Fsp3) is 0.562. The lowest BCUT2D eigenvalue weighted by Crippen LogP contribution is -2.44. The molecule has 0 aliphatic carbocycles. The molecule has 1 atom stereocenters. The lowest BCUT2D eigenvalue weighted by atomic mass is 10.0. The van der Waals surface area contributed by atoms with Gasteiger partial charge >= 0.3 is 0 Å². The maximum atomic E-state index is 13.7. The molecule has 0 saturated heterocycles. The molecular weight excluding hydrogens is 304 g/mol. The van der Waals surface area contributed by atoms with Gasteiger partial charge in [-0.25, -0.2) is 8.78 Å².